The third-order valence-electron chi connectivity index (χ3n) is 12.0. The molecule has 252 valence electrons. The number of benzene rings is 6. The van der Waals surface area contributed by atoms with E-state index in [1.54, 1.807) is 0 Å². The molecule has 6 aromatic carbocycles. The zero-order valence-electron chi connectivity index (χ0n) is 29.4. The van der Waals surface area contributed by atoms with Crippen molar-refractivity contribution in [3.05, 3.63) is 199 Å². The van der Waals surface area contributed by atoms with Gasteiger partial charge in [-0.2, -0.15) is 0 Å². The highest BCUT2D eigenvalue weighted by molar-refractivity contribution is 7.26. The zero-order valence-corrected chi connectivity index (χ0v) is 30.2. The van der Waals surface area contributed by atoms with Crippen molar-refractivity contribution in [2.24, 2.45) is 17.8 Å². The van der Waals surface area contributed by atoms with Crippen molar-refractivity contribution in [2.45, 2.75) is 12.8 Å². The lowest BCUT2D eigenvalue weighted by Gasteiger charge is -2.44. The number of furan rings is 1. The molecule has 0 saturated carbocycles. The Morgan fingerprint density at radius 3 is 1.98 bits per heavy atom. The number of hydrogen-bond acceptors (Lipinski definition) is 2. The molecule has 2 aromatic heterocycles. The minimum absolute atomic E-state index is 0.278. The molecule has 8 aromatic rings. The maximum atomic E-state index is 5.75. The highest BCUT2D eigenvalue weighted by Gasteiger charge is 2.43. The first kappa shape index (κ1) is 30.6. The molecular formula is C51H36OS. The SMILES string of the molecule is Cc1cocc1C1=C2C=CC=CC2C(c2ccc3sc4c(-c5c6ccccc6c(-c6ccccc6)c6ccccc56)cccc4c3c2)C2C=CC=CC12. The minimum atomic E-state index is 0.278. The fourth-order valence-corrected chi connectivity index (χ4v) is 11.0. The van der Waals surface area contributed by atoms with Crippen LogP contribution >= 0.6 is 11.3 Å². The molecule has 3 aliphatic rings. The quantitative estimate of drug-likeness (QED) is 0.167. The Morgan fingerprint density at radius 2 is 1.23 bits per heavy atom. The Bertz CT molecular complexity index is 2870. The van der Waals surface area contributed by atoms with E-state index in [1.165, 1.54) is 91.8 Å². The number of thiophene rings is 1. The zero-order chi connectivity index (χ0) is 35.0. The van der Waals surface area contributed by atoms with E-state index in [0.29, 0.717) is 11.8 Å². The third-order valence-corrected chi connectivity index (χ3v) is 13.2. The van der Waals surface area contributed by atoms with Gasteiger partial charge in [-0.05, 0) is 85.5 Å². The van der Waals surface area contributed by atoms with E-state index >= 15 is 0 Å². The molecule has 0 fully saturated rings. The summed E-state index contributed by atoms with van der Waals surface area (Å²) in [5, 5.41) is 7.85. The lowest BCUT2D eigenvalue weighted by molar-refractivity contribution is 0.378. The molecule has 1 nitrogen and oxygen atoms in total. The molecule has 0 aliphatic heterocycles. The summed E-state index contributed by atoms with van der Waals surface area (Å²) in [7, 11) is 0. The number of rotatable bonds is 4. The molecule has 3 aliphatic carbocycles. The number of fused-ring (bicyclic) bond motifs is 7. The lowest BCUT2D eigenvalue weighted by atomic mass is 9.59. The molecule has 0 bridgehead atoms. The molecule has 0 radical (unpaired) electrons. The van der Waals surface area contributed by atoms with Crippen LogP contribution in [0.2, 0.25) is 0 Å². The van der Waals surface area contributed by atoms with Gasteiger partial charge in [-0.15, -0.1) is 11.3 Å². The normalized spacial score (nSPS) is 20.5. The fourth-order valence-electron chi connectivity index (χ4n) is 9.78. The summed E-state index contributed by atoms with van der Waals surface area (Å²) in [6.07, 6.45) is 22.4. The summed E-state index contributed by atoms with van der Waals surface area (Å²) in [5.41, 5.74) is 11.9. The van der Waals surface area contributed by atoms with Crippen LogP contribution in [0.4, 0.5) is 0 Å². The van der Waals surface area contributed by atoms with Gasteiger partial charge in [0.15, 0.2) is 0 Å². The van der Waals surface area contributed by atoms with Gasteiger partial charge in [0.05, 0.1) is 12.5 Å². The summed E-state index contributed by atoms with van der Waals surface area (Å²) < 4.78 is 8.43. The van der Waals surface area contributed by atoms with E-state index < -0.39 is 0 Å². The van der Waals surface area contributed by atoms with Gasteiger partial charge in [-0.25, -0.2) is 0 Å². The standard InChI is InChI=1S/C51H36OS/c1-31-29-52-30-45(31)50-40-22-11-7-18-36(40)48(37-19-8-12-23-41(37)50)33-26-27-46-44(28-33)42-24-13-25-43(51(42)53-46)49-38-20-9-5-16-34(38)47(32-14-3-2-4-15-32)35-17-6-10-21-39(35)49/h2-30,36-37,40,48H,1H3. The number of aryl methyl sites for hydroxylation is 1. The third kappa shape index (κ3) is 4.62. The average Bonchev–Trinajstić information content (AvgIpc) is 3.82. The minimum Gasteiger partial charge on any atom is -0.472 e. The molecule has 2 heterocycles. The van der Waals surface area contributed by atoms with Crippen molar-refractivity contribution in [2.75, 3.05) is 0 Å². The first-order valence-electron chi connectivity index (χ1n) is 18.7. The Morgan fingerprint density at radius 1 is 0.547 bits per heavy atom. The van der Waals surface area contributed by atoms with Gasteiger partial charge in [0.25, 0.3) is 0 Å². The van der Waals surface area contributed by atoms with E-state index in [4.69, 9.17) is 4.42 Å². The van der Waals surface area contributed by atoms with Crippen molar-refractivity contribution in [1.29, 1.82) is 0 Å². The van der Waals surface area contributed by atoms with Crippen LogP contribution in [0.25, 0.3) is 69.5 Å². The predicted octanol–water partition coefficient (Wildman–Crippen LogP) is 14.2. The summed E-state index contributed by atoms with van der Waals surface area (Å²) in [5.74, 6) is 1.22. The summed E-state index contributed by atoms with van der Waals surface area (Å²) in [4.78, 5) is 0. The molecule has 2 heteroatoms. The van der Waals surface area contributed by atoms with Gasteiger partial charge in [0.1, 0.15) is 0 Å². The highest BCUT2D eigenvalue weighted by Crippen LogP contribution is 2.56. The predicted molar refractivity (Wildman–Crippen MR) is 225 cm³/mol. The summed E-state index contributed by atoms with van der Waals surface area (Å²) in [6, 6.07) is 43.1. The van der Waals surface area contributed by atoms with Gasteiger partial charge >= 0.3 is 0 Å². The molecule has 0 spiro atoms. The van der Waals surface area contributed by atoms with Crippen LogP contribution in [0.1, 0.15) is 22.6 Å². The Balaban J connectivity index is 1.12. The smallest absolute Gasteiger partial charge is 0.0980 e. The summed E-state index contributed by atoms with van der Waals surface area (Å²) >= 11 is 1.93. The number of allylic oxidation sites excluding steroid dienone is 10. The van der Waals surface area contributed by atoms with E-state index in [-0.39, 0.29) is 11.8 Å². The Labute approximate surface area is 313 Å². The van der Waals surface area contributed by atoms with Crippen molar-refractivity contribution >= 4 is 58.6 Å². The van der Waals surface area contributed by atoms with Crippen LogP contribution in [0.3, 0.4) is 0 Å². The average molecular weight is 697 g/mol. The lowest BCUT2D eigenvalue weighted by Crippen LogP contribution is -2.33. The summed E-state index contributed by atoms with van der Waals surface area (Å²) in [6.45, 7) is 2.17. The van der Waals surface area contributed by atoms with Gasteiger partial charge in [-0.1, -0.05) is 152 Å². The molecule has 4 unspecified atom stereocenters. The van der Waals surface area contributed by atoms with Crippen molar-refractivity contribution in [3.63, 3.8) is 0 Å². The first-order chi connectivity index (χ1) is 26.2. The van der Waals surface area contributed by atoms with Crippen LogP contribution in [-0.2, 0) is 0 Å². The van der Waals surface area contributed by atoms with Gasteiger partial charge in [0, 0.05) is 49.1 Å². The molecule has 0 saturated heterocycles. The molecular weight excluding hydrogens is 661 g/mol. The van der Waals surface area contributed by atoms with E-state index in [9.17, 15) is 0 Å². The first-order valence-corrected chi connectivity index (χ1v) is 19.5. The van der Waals surface area contributed by atoms with Crippen molar-refractivity contribution < 1.29 is 4.42 Å². The van der Waals surface area contributed by atoms with Gasteiger partial charge in [-0.3, -0.25) is 0 Å². The van der Waals surface area contributed by atoms with Crippen LogP contribution < -0.4 is 0 Å². The molecule has 53 heavy (non-hydrogen) atoms. The maximum absolute atomic E-state index is 5.75. The monoisotopic (exact) mass is 696 g/mol. The second-order valence-corrected chi connectivity index (χ2v) is 15.8. The van der Waals surface area contributed by atoms with Crippen LogP contribution in [0.15, 0.2) is 186 Å². The van der Waals surface area contributed by atoms with E-state index in [1.807, 2.05) is 23.9 Å². The second-order valence-electron chi connectivity index (χ2n) is 14.8. The van der Waals surface area contributed by atoms with Gasteiger partial charge < -0.3 is 4.42 Å². The van der Waals surface area contributed by atoms with Crippen LogP contribution in [0.5, 0.6) is 0 Å². The van der Waals surface area contributed by atoms with Crippen molar-refractivity contribution in [1.82, 2.24) is 0 Å². The Kier molecular flexibility index (Phi) is 6.97. The van der Waals surface area contributed by atoms with Crippen LogP contribution in [0, 0.1) is 24.7 Å². The second kappa shape index (κ2) is 12.0. The van der Waals surface area contributed by atoms with E-state index in [2.05, 4.69) is 171 Å². The van der Waals surface area contributed by atoms with Gasteiger partial charge in [0.2, 0.25) is 0 Å². The molecule has 11 rings (SSSR count). The maximum Gasteiger partial charge on any atom is 0.0980 e. The molecule has 0 amide bonds. The van der Waals surface area contributed by atoms with Crippen LogP contribution in [-0.4, -0.2) is 0 Å². The van der Waals surface area contributed by atoms with E-state index in [0.717, 1.165) is 0 Å². The Hall–Kier alpha value is -5.96. The fraction of sp³-hybridized carbons (Fsp3) is 0.0980. The largest absolute Gasteiger partial charge is 0.472 e. The number of hydrogen-bond donors (Lipinski definition) is 0. The molecule has 4 atom stereocenters. The molecule has 0 N–H and O–H groups in total. The van der Waals surface area contributed by atoms with Crippen molar-refractivity contribution in [3.8, 4) is 22.3 Å². The topological polar surface area (TPSA) is 13.1 Å². The highest BCUT2D eigenvalue weighted by atomic mass is 32.1.